The Morgan fingerprint density at radius 1 is 1.04 bits per heavy atom. The van der Waals surface area contributed by atoms with Gasteiger partial charge in [0.25, 0.3) is 0 Å². The first-order chi connectivity index (χ1) is 11.6. The van der Waals surface area contributed by atoms with Gasteiger partial charge in [-0.15, -0.1) is 5.10 Å². The maximum absolute atomic E-state index is 12.6. The van der Waals surface area contributed by atoms with Gasteiger partial charge < -0.3 is 0 Å². The number of nitrogens with zero attached hydrogens (tertiary/aromatic N) is 5. The van der Waals surface area contributed by atoms with E-state index in [1.54, 1.807) is 48.5 Å². The molecule has 0 bridgehead atoms. The molecule has 1 aromatic heterocycles. The van der Waals surface area contributed by atoms with Crippen LogP contribution in [0.25, 0.3) is 5.69 Å². The fourth-order valence-electron chi connectivity index (χ4n) is 2.15. The summed E-state index contributed by atoms with van der Waals surface area (Å²) in [7, 11) is 0. The highest BCUT2D eigenvalue weighted by Gasteiger charge is 2.28. The summed E-state index contributed by atoms with van der Waals surface area (Å²) >= 11 is 11.7. The predicted molar refractivity (Wildman–Crippen MR) is 88.3 cm³/mol. The average molecular weight is 358 g/mol. The van der Waals surface area contributed by atoms with Crippen LogP contribution in [0.5, 0.6) is 0 Å². The molecular weight excluding hydrogens is 349 g/mol. The molecule has 0 spiro atoms. The monoisotopic (exact) mass is 357 g/mol. The highest BCUT2D eigenvalue weighted by Crippen LogP contribution is 2.22. The Balaban J connectivity index is 1.99. The molecule has 3 aromatic rings. The van der Waals surface area contributed by atoms with E-state index in [1.165, 1.54) is 4.68 Å². The van der Waals surface area contributed by atoms with Crippen molar-refractivity contribution in [3.05, 3.63) is 70.0 Å². The molecular formula is C16H9Cl2N5O. The number of tetrazole rings is 1. The van der Waals surface area contributed by atoms with Crippen LogP contribution in [-0.2, 0) is 0 Å². The van der Waals surface area contributed by atoms with Crippen LogP contribution in [0.3, 0.4) is 0 Å². The molecule has 118 valence electrons. The van der Waals surface area contributed by atoms with Crippen molar-refractivity contribution in [2.24, 2.45) is 0 Å². The lowest BCUT2D eigenvalue weighted by Gasteiger charge is -2.09. The highest BCUT2D eigenvalue weighted by atomic mass is 35.5. The van der Waals surface area contributed by atoms with Gasteiger partial charge in [0.15, 0.2) is 17.5 Å². The van der Waals surface area contributed by atoms with Gasteiger partial charge in [0.2, 0.25) is 0 Å². The lowest BCUT2D eigenvalue weighted by Crippen LogP contribution is -2.16. The van der Waals surface area contributed by atoms with Crippen LogP contribution in [0.2, 0.25) is 10.0 Å². The second kappa shape index (κ2) is 6.79. The molecule has 0 aliphatic heterocycles. The first-order valence-corrected chi connectivity index (χ1v) is 7.59. The van der Waals surface area contributed by atoms with Crippen LogP contribution >= 0.6 is 23.2 Å². The minimum absolute atomic E-state index is 0.139. The Labute approximate surface area is 147 Å². The van der Waals surface area contributed by atoms with Gasteiger partial charge >= 0.3 is 0 Å². The van der Waals surface area contributed by atoms with Crippen LogP contribution < -0.4 is 0 Å². The van der Waals surface area contributed by atoms with Gasteiger partial charge in [-0.25, -0.2) is 0 Å². The number of halogens is 2. The molecule has 24 heavy (non-hydrogen) atoms. The molecule has 0 unspecified atom stereocenters. The Morgan fingerprint density at radius 2 is 1.62 bits per heavy atom. The minimum Gasteiger partial charge on any atom is -0.292 e. The van der Waals surface area contributed by atoms with E-state index in [9.17, 15) is 10.1 Å². The molecule has 2 aromatic carbocycles. The average Bonchev–Trinajstić information content (AvgIpc) is 3.06. The maximum Gasteiger partial charge on any atom is 0.187 e. The van der Waals surface area contributed by atoms with E-state index in [1.807, 2.05) is 6.07 Å². The van der Waals surface area contributed by atoms with E-state index in [4.69, 9.17) is 23.2 Å². The molecule has 0 saturated heterocycles. The SMILES string of the molecule is N#C[C@H](C(=O)c1ccc(Cl)cc1)c1nnnn1-c1ccc(Cl)cc1. The lowest BCUT2D eigenvalue weighted by molar-refractivity contribution is 0.0975. The van der Waals surface area contributed by atoms with Gasteiger partial charge in [0.05, 0.1) is 11.8 Å². The van der Waals surface area contributed by atoms with Gasteiger partial charge in [0.1, 0.15) is 0 Å². The predicted octanol–water partition coefficient (Wildman–Crippen LogP) is 3.46. The zero-order valence-electron chi connectivity index (χ0n) is 12.1. The molecule has 0 amide bonds. The molecule has 0 radical (unpaired) electrons. The smallest absolute Gasteiger partial charge is 0.187 e. The number of Topliss-reactive ketones (excluding diaryl/α,β-unsaturated/α-hetero) is 1. The fourth-order valence-corrected chi connectivity index (χ4v) is 2.41. The van der Waals surface area contributed by atoms with Crippen molar-refractivity contribution in [1.82, 2.24) is 20.2 Å². The molecule has 3 rings (SSSR count). The molecule has 0 N–H and O–H groups in total. The molecule has 1 heterocycles. The van der Waals surface area contributed by atoms with Crippen molar-refractivity contribution in [2.75, 3.05) is 0 Å². The summed E-state index contributed by atoms with van der Waals surface area (Å²) < 4.78 is 1.35. The van der Waals surface area contributed by atoms with Crippen molar-refractivity contribution >= 4 is 29.0 Å². The third kappa shape index (κ3) is 3.13. The molecule has 1 atom stereocenters. The van der Waals surface area contributed by atoms with Gasteiger partial charge in [-0.2, -0.15) is 9.94 Å². The van der Waals surface area contributed by atoms with Crippen molar-refractivity contribution in [2.45, 2.75) is 5.92 Å². The zero-order valence-corrected chi connectivity index (χ0v) is 13.6. The number of carbonyl (C=O) groups is 1. The van der Waals surface area contributed by atoms with E-state index in [2.05, 4.69) is 15.5 Å². The Hall–Kier alpha value is -2.75. The molecule has 0 aliphatic carbocycles. The van der Waals surface area contributed by atoms with Crippen molar-refractivity contribution in [3.8, 4) is 11.8 Å². The number of aromatic nitrogens is 4. The van der Waals surface area contributed by atoms with Crippen LogP contribution in [0.4, 0.5) is 0 Å². The minimum atomic E-state index is -1.14. The van der Waals surface area contributed by atoms with Crippen LogP contribution in [0, 0.1) is 11.3 Å². The Morgan fingerprint density at radius 3 is 2.21 bits per heavy atom. The Kier molecular flexibility index (Phi) is 4.56. The quantitative estimate of drug-likeness (QED) is 0.667. The van der Waals surface area contributed by atoms with Crippen molar-refractivity contribution in [1.29, 1.82) is 5.26 Å². The van der Waals surface area contributed by atoms with Gasteiger partial charge in [-0.1, -0.05) is 23.2 Å². The van der Waals surface area contributed by atoms with Crippen LogP contribution in [0.15, 0.2) is 48.5 Å². The summed E-state index contributed by atoms with van der Waals surface area (Å²) in [6, 6.07) is 15.0. The number of benzene rings is 2. The largest absolute Gasteiger partial charge is 0.292 e. The first kappa shape index (κ1) is 16.1. The molecule has 0 saturated carbocycles. The van der Waals surface area contributed by atoms with Crippen LogP contribution in [0.1, 0.15) is 22.1 Å². The van der Waals surface area contributed by atoms with E-state index in [-0.39, 0.29) is 5.82 Å². The summed E-state index contributed by atoms with van der Waals surface area (Å²) in [4.78, 5) is 12.6. The van der Waals surface area contributed by atoms with Gasteiger partial charge in [-0.3, -0.25) is 4.79 Å². The number of carbonyl (C=O) groups excluding carboxylic acids is 1. The third-order valence-electron chi connectivity index (χ3n) is 3.34. The fraction of sp³-hybridized carbons (Fsp3) is 0.0625. The summed E-state index contributed by atoms with van der Waals surface area (Å²) in [6.45, 7) is 0. The summed E-state index contributed by atoms with van der Waals surface area (Å²) in [6.07, 6.45) is 0. The maximum atomic E-state index is 12.6. The zero-order chi connectivity index (χ0) is 17.1. The number of hydrogen-bond donors (Lipinski definition) is 0. The summed E-state index contributed by atoms with van der Waals surface area (Å²) in [5.41, 5.74) is 0.958. The summed E-state index contributed by atoms with van der Waals surface area (Å²) in [5, 5.41) is 21.8. The lowest BCUT2D eigenvalue weighted by atomic mass is 9.98. The molecule has 6 nitrogen and oxygen atoms in total. The normalized spacial score (nSPS) is 11.7. The standard InChI is InChI=1S/C16H9Cl2N5O/c17-11-3-1-10(2-4-11)15(24)14(9-19)16-20-21-22-23(16)13-7-5-12(18)6-8-13/h1-8,14H/t14-/m1/s1. The topological polar surface area (TPSA) is 84.5 Å². The van der Waals surface area contributed by atoms with Crippen molar-refractivity contribution < 1.29 is 4.79 Å². The summed E-state index contributed by atoms with van der Waals surface area (Å²) in [5.74, 6) is -1.41. The van der Waals surface area contributed by atoms with Crippen molar-refractivity contribution in [3.63, 3.8) is 0 Å². The van der Waals surface area contributed by atoms with E-state index < -0.39 is 11.7 Å². The highest BCUT2D eigenvalue weighted by molar-refractivity contribution is 6.31. The second-order valence-electron chi connectivity index (χ2n) is 4.86. The van der Waals surface area contributed by atoms with Gasteiger partial charge in [-0.05, 0) is 59.0 Å². The third-order valence-corrected chi connectivity index (χ3v) is 3.85. The van der Waals surface area contributed by atoms with E-state index in [0.717, 1.165) is 0 Å². The van der Waals surface area contributed by atoms with Crippen LogP contribution in [-0.4, -0.2) is 26.0 Å². The Bertz CT molecular complexity index is 913. The second-order valence-corrected chi connectivity index (χ2v) is 5.73. The molecule has 0 fully saturated rings. The molecule has 8 heteroatoms. The number of rotatable bonds is 4. The first-order valence-electron chi connectivity index (χ1n) is 6.84. The number of ketones is 1. The van der Waals surface area contributed by atoms with E-state index in [0.29, 0.717) is 21.3 Å². The molecule has 0 aliphatic rings. The number of hydrogen-bond acceptors (Lipinski definition) is 5. The van der Waals surface area contributed by atoms with Gasteiger partial charge in [0, 0.05) is 15.6 Å². The van der Waals surface area contributed by atoms with E-state index >= 15 is 0 Å². The number of nitriles is 1.